The zero-order valence-electron chi connectivity index (χ0n) is 14.6. The highest BCUT2D eigenvalue weighted by Crippen LogP contribution is 2.36. The Morgan fingerprint density at radius 3 is 2.05 bits per heavy atom. The monoisotopic (exact) mass is 304 g/mol. The molecule has 22 heavy (non-hydrogen) atoms. The van der Waals surface area contributed by atoms with E-state index in [1.807, 2.05) is 6.08 Å². The molecule has 0 aromatic carbocycles. The third-order valence-corrected chi connectivity index (χ3v) is 5.81. The van der Waals surface area contributed by atoms with Crippen LogP contribution in [0.25, 0.3) is 0 Å². The molecule has 0 bridgehead atoms. The molecule has 0 aromatic heterocycles. The third-order valence-electron chi connectivity index (χ3n) is 5.81. The summed E-state index contributed by atoms with van der Waals surface area (Å²) in [4.78, 5) is 0. The Balaban J connectivity index is 1.54. The molecule has 0 aliphatic heterocycles. The van der Waals surface area contributed by atoms with Crippen LogP contribution in [0, 0.1) is 17.8 Å². The summed E-state index contributed by atoms with van der Waals surface area (Å²) in [7, 11) is 0. The molecule has 0 saturated heterocycles. The van der Waals surface area contributed by atoms with Crippen LogP contribution in [-0.4, -0.2) is 12.7 Å². The number of ether oxygens (including phenoxy) is 1. The lowest BCUT2D eigenvalue weighted by Crippen LogP contribution is -2.23. The van der Waals surface area contributed by atoms with Gasteiger partial charge < -0.3 is 4.74 Å². The average molecular weight is 305 g/mol. The molecule has 1 heteroatoms. The highest BCUT2D eigenvalue weighted by atomic mass is 16.5. The predicted octanol–water partition coefficient (Wildman–Crippen LogP) is 6.30. The number of rotatable bonds is 8. The summed E-state index contributed by atoms with van der Waals surface area (Å²) in [6, 6.07) is 0. The van der Waals surface area contributed by atoms with Crippen molar-refractivity contribution in [2.24, 2.45) is 17.8 Å². The van der Waals surface area contributed by atoms with Gasteiger partial charge in [-0.05, 0) is 82.5 Å². The van der Waals surface area contributed by atoms with Crippen molar-refractivity contribution in [1.82, 2.24) is 0 Å². The zero-order chi connectivity index (χ0) is 15.6. The van der Waals surface area contributed by atoms with Gasteiger partial charge in [0, 0.05) is 0 Å². The standard InChI is InChI=1S/C21H36O/c1-3-5-17-22-21-15-13-20(14-16-21)12-11-19-9-7-18(6-4-2)8-10-19/h3-4,6,18-21H,1,5,7-17H2,2H3/b6-4+. The van der Waals surface area contributed by atoms with E-state index in [1.54, 1.807) is 0 Å². The van der Waals surface area contributed by atoms with Gasteiger partial charge in [0.05, 0.1) is 12.7 Å². The Labute approximate surface area is 138 Å². The number of hydrogen-bond donors (Lipinski definition) is 0. The smallest absolute Gasteiger partial charge is 0.0575 e. The molecular weight excluding hydrogens is 268 g/mol. The molecule has 0 N–H and O–H groups in total. The first-order chi connectivity index (χ1) is 10.8. The molecule has 2 aliphatic rings. The van der Waals surface area contributed by atoms with E-state index in [-0.39, 0.29) is 0 Å². The van der Waals surface area contributed by atoms with Crippen molar-refractivity contribution in [2.75, 3.05) is 6.61 Å². The molecule has 0 radical (unpaired) electrons. The van der Waals surface area contributed by atoms with Crippen molar-refractivity contribution in [1.29, 1.82) is 0 Å². The molecule has 2 saturated carbocycles. The Kier molecular flexibility index (Phi) is 8.30. The lowest BCUT2D eigenvalue weighted by Gasteiger charge is -2.31. The van der Waals surface area contributed by atoms with E-state index < -0.39 is 0 Å². The van der Waals surface area contributed by atoms with Gasteiger partial charge >= 0.3 is 0 Å². The SMILES string of the molecule is C=CCCOC1CCC(CCC2CCC(/C=C/C)CC2)CC1. The van der Waals surface area contributed by atoms with Crippen molar-refractivity contribution < 1.29 is 4.74 Å². The van der Waals surface area contributed by atoms with E-state index in [9.17, 15) is 0 Å². The first-order valence-electron chi connectivity index (χ1n) is 9.67. The molecule has 2 fully saturated rings. The molecule has 0 heterocycles. The van der Waals surface area contributed by atoms with Crippen LogP contribution in [-0.2, 0) is 4.74 Å². The van der Waals surface area contributed by atoms with Gasteiger partial charge in [-0.1, -0.05) is 31.1 Å². The van der Waals surface area contributed by atoms with E-state index in [2.05, 4.69) is 25.7 Å². The summed E-state index contributed by atoms with van der Waals surface area (Å²) in [5.41, 5.74) is 0. The Morgan fingerprint density at radius 2 is 1.50 bits per heavy atom. The lowest BCUT2D eigenvalue weighted by atomic mass is 9.77. The zero-order valence-corrected chi connectivity index (χ0v) is 14.6. The first-order valence-corrected chi connectivity index (χ1v) is 9.67. The van der Waals surface area contributed by atoms with Crippen LogP contribution in [0.4, 0.5) is 0 Å². The van der Waals surface area contributed by atoms with Gasteiger partial charge in [0.1, 0.15) is 0 Å². The Bertz CT molecular complexity index is 317. The molecular formula is C21H36O. The van der Waals surface area contributed by atoms with Crippen molar-refractivity contribution in [3.05, 3.63) is 24.8 Å². The maximum atomic E-state index is 5.92. The van der Waals surface area contributed by atoms with Crippen molar-refractivity contribution in [3.63, 3.8) is 0 Å². The van der Waals surface area contributed by atoms with Gasteiger partial charge in [-0.15, -0.1) is 6.58 Å². The fraction of sp³-hybridized carbons (Fsp3) is 0.810. The minimum absolute atomic E-state index is 0.535. The fourth-order valence-electron chi connectivity index (χ4n) is 4.32. The lowest BCUT2D eigenvalue weighted by molar-refractivity contribution is 0.0189. The Morgan fingerprint density at radius 1 is 0.909 bits per heavy atom. The maximum Gasteiger partial charge on any atom is 0.0575 e. The second-order valence-corrected chi connectivity index (χ2v) is 7.47. The van der Waals surface area contributed by atoms with Crippen LogP contribution in [0.15, 0.2) is 24.8 Å². The summed E-state index contributed by atoms with van der Waals surface area (Å²) in [6.45, 7) is 6.78. The first kappa shape index (κ1) is 17.8. The average Bonchev–Trinajstić information content (AvgIpc) is 2.56. The predicted molar refractivity (Wildman–Crippen MR) is 96.0 cm³/mol. The van der Waals surface area contributed by atoms with Gasteiger partial charge in [0.15, 0.2) is 0 Å². The van der Waals surface area contributed by atoms with Crippen LogP contribution in [0.1, 0.15) is 77.6 Å². The van der Waals surface area contributed by atoms with E-state index in [0.29, 0.717) is 6.10 Å². The summed E-state index contributed by atoms with van der Waals surface area (Å²) in [5, 5.41) is 0. The highest BCUT2D eigenvalue weighted by Gasteiger charge is 2.24. The molecule has 0 aromatic rings. The summed E-state index contributed by atoms with van der Waals surface area (Å²) in [6.07, 6.45) is 22.3. The summed E-state index contributed by atoms with van der Waals surface area (Å²) < 4.78 is 5.92. The second-order valence-electron chi connectivity index (χ2n) is 7.47. The van der Waals surface area contributed by atoms with E-state index in [1.165, 1.54) is 64.2 Å². The highest BCUT2D eigenvalue weighted by molar-refractivity contribution is 4.89. The van der Waals surface area contributed by atoms with Gasteiger partial charge in [-0.25, -0.2) is 0 Å². The van der Waals surface area contributed by atoms with Crippen LogP contribution < -0.4 is 0 Å². The second kappa shape index (κ2) is 10.3. The quantitative estimate of drug-likeness (QED) is 0.377. The Hall–Kier alpha value is -0.560. The van der Waals surface area contributed by atoms with Crippen LogP contribution in [0.3, 0.4) is 0 Å². The topological polar surface area (TPSA) is 9.23 Å². The van der Waals surface area contributed by atoms with Gasteiger partial charge in [0.2, 0.25) is 0 Å². The largest absolute Gasteiger partial charge is 0.378 e. The molecule has 2 rings (SSSR count). The fourth-order valence-corrected chi connectivity index (χ4v) is 4.32. The maximum absolute atomic E-state index is 5.92. The van der Waals surface area contributed by atoms with Crippen molar-refractivity contribution in [3.8, 4) is 0 Å². The van der Waals surface area contributed by atoms with E-state index in [0.717, 1.165) is 30.8 Å². The van der Waals surface area contributed by atoms with Gasteiger partial charge in [0.25, 0.3) is 0 Å². The third kappa shape index (κ3) is 6.28. The molecule has 0 unspecified atom stereocenters. The van der Waals surface area contributed by atoms with Crippen LogP contribution in [0.2, 0.25) is 0 Å². The van der Waals surface area contributed by atoms with E-state index >= 15 is 0 Å². The molecule has 0 amide bonds. The summed E-state index contributed by atoms with van der Waals surface area (Å²) in [5.74, 6) is 2.87. The van der Waals surface area contributed by atoms with Crippen LogP contribution in [0.5, 0.6) is 0 Å². The van der Waals surface area contributed by atoms with Gasteiger partial charge in [-0.2, -0.15) is 0 Å². The molecule has 1 nitrogen and oxygen atoms in total. The number of allylic oxidation sites excluding steroid dienone is 2. The molecule has 126 valence electrons. The molecule has 2 aliphatic carbocycles. The minimum Gasteiger partial charge on any atom is -0.378 e. The van der Waals surface area contributed by atoms with Crippen molar-refractivity contribution in [2.45, 2.75) is 83.7 Å². The van der Waals surface area contributed by atoms with Crippen LogP contribution >= 0.6 is 0 Å². The summed E-state index contributed by atoms with van der Waals surface area (Å²) >= 11 is 0. The van der Waals surface area contributed by atoms with Crippen molar-refractivity contribution >= 4 is 0 Å². The normalized spacial score (nSPS) is 33.1. The molecule has 0 spiro atoms. The van der Waals surface area contributed by atoms with Gasteiger partial charge in [-0.3, -0.25) is 0 Å². The number of hydrogen-bond acceptors (Lipinski definition) is 1. The minimum atomic E-state index is 0.535. The van der Waals surface area contributed by atoms with E-state index in [4.69, 9.17) is 4.74 Å². The molecule has 0 atom stereocenters.